The molecule has 0 spiro atoms. The first kappa shape index (κ1) is 11.8. The minimum atomic E-state index is -3.94. The molecule has 16 heavy (non-hydrogen) atoms. The number of rotatable bonds is 4. The summed E-state index contributed by atoms with van der Waals surface area (Å²) in [6.45, 7) is 0.871. The van der Waals surface area contributed by atoms with E-state index in [2.05, 4.69) is 0 Å². The van der Waals surface area contributed by atoms with Gasteiger partial charge in [0.1, 0.15) is 0 Å². The molecule has 0 amide bonds. The molecule has 0 bridgehead atoms. The van der Waals surface area contributed by atoms with Crippen molar-refractivity contribution in [3.8, 4) is 0 Å². The summed E-state index contributed by atoms with van der Waals surface area (Å²) in [6.07, 6.45) is 0. The third-order valence-electron chi connectivity index (χ3n) is 2.10. The number of hydrogen-bond acceptors (Lipinski definition) is 3. The summed E-state index contributed by atoms with van der Waals surface area (Å²) in [5, 5.41) is 0. The van der Waals surface area contributed by atoms with E-state index < -0.39 is 17.7 Å². The number of hydrogen-bond donors (Lipinski definition) is 2. The maximum Gasteiger partial charge on any atom is 0.354 e. The monoisotopic (exact) mass is 262 g/mol. The molecule has 1 fully saturated rings. The minimum absolute atomic E-state index is 0.0221. The van der Waals surface area contributed by atoms with Gasteiger partial charge >= 0.3 is 7.67 Å². The Bertz CT molecular complexity index is 526. The van der Waals surface area contributed by atoms with Crippen LogP contribution in [-0.4, -0.2) is 31.1 Å². The predicted molar refractivity (Wildman–Crippen MR) is 58.2 cm³/mol. The Balaban J connectivity index is 2.24. The van der Waals surface area contributed by atoms with Gasteiger partial charge in [0.25, 0.3) is 0 Å². The minimum Gasteiger partial charge on any atom is -0.321 e. The molecule has 0 aromatic heterocycles. The third-order valence-corrected chi connectivity index (χ3v) is 6.07. The summed E-state index contributed by atoms with van der Waals surface area (Å²) < 4.78 is 38.0. The standard InChI is InChI=1S/C8H11N2O4PS/c11-15(12,10-6-7-10)9-16(13,14)8-4-2-1-3-5-8/h1-5H,6-7H2,(H2,9,11,12). The lowest BCUT2D eigenvalue weighted by molar-refractivity contribution is 0.436. The van der Waals surface area contributed by atoms with Crippen LogP contribution in [0.25, 0.3) is 0 Å². The Labute approximate surface area is 93.5 Å². The van der Waals surface area contributed by atoms with Crippen molar-refractivity contribution < 1.29 is 17.9 Å². The topological polar surface area (TPSA) is 86.5 Å². The Kier molecular flexibility index (Phi) is 2.90. The molecule has 88 valence electrons. The van der Waals surface area contributed by atoms with Crippen LogP contribution in [0.2, 0.25) is 0 Å². The summed E-state index contributed by atoms with van der Waals surface area (Å²) in [7, 11) is -7.87. The average molecular weight is 262 g/mol. The van der Waals surface area contributed by atoms with Crippen LogP contribution in [0.3, 0.4) is 0 Å². The number of sulfonamides is 1. The second kappa shape index (κ2) is 3.94. The molecule has 1 aromatic rings. The van der Waals surface area contributed by atoms with Gasteiger partial charge in [-0.3, -0.25) is 4.57 Å². The zero-order valence-electron chi connectivity index (χ0n) is 8.28. The van der Waals surface area contributed by atoms with Crippen LogP contribution in [0.15, 0.2) is 35.2 Å². The quantitative estimate of drug-likeness (QED) is 0.605. The highest BCUT2D eigenvalue weighted by Gasteiger charge is 2.40. The van der Waals surface area contributed by atoms with E-state index in [-0.39, 0.29) is 4.90 Å². The molecule has 2 rings (SSSR count). The maximum atomic E-state index is 11.7. The van der Waals surface area contributed by atoms with Crippen molar-refractivity contribution in [2.75, 3.05) is 13.1 Å². The predicted octanol–water partition coefficient (Wildman–Crippen LogP) is 0.381. The van der Waals surface area contributed by atoms with E-state index in [1.807, 2.05) is 4.49 Å². The van der Waals surface area contributed by atoms with E-state index in [0.717, 1.165) is 0 Å². The molecule has 1 atom stereocenters. The van der Waals surface area contributed by atoms with E-state index in [1.165, 1.54) is 16.8 Å². The Morgan fingerprint density at radius 3 is 2.31 bits per heavy atom. The second-order valence-corrected chi connectivity index (χ2v) is 7.27. The zero-order valence-corrected chi connectivity index (χ0v) is 9.99. The fourth-order valence-electron chi connectivity index (χ4n) is 1.18. The Morgan fingerprint density at radius 1 is 1.25 bits per heavy atom. The Morgan fingerprint density at radius 2 is 1.81 bits per heavy atom. The lowest BCUT2D eigenvalue weighted by Crippen LogP contribution is -2.23. The third kappa shape index (κ3) is 2.50. The molecule has 1 heterocycles. The molecule has 2 N–H and O–H groups in total. The van der Waals surface area contributed by atoms with Gasteiger partial charge in [-0.25, -0.2) is 13.1 Å². The van der Waals surface area contributed by atoms with Crippen LogP contribution < -0.4 is 4.49 Å². The van der Waals surface area contributed by atoms with Gasteiger partial charge in [0.15, 0.2) is 0 Å². The first-order valence-corrected chi connectivity index (χ1v) is 7.69. The van der Waals surface area contributed by atoms with E-state index in [4.69, 9.17) is 0 Å². The number of benzene rings is 1. The molecular formula is C8H11N2O4PS. The maximum absolute atomic E-state index is 11.7. The van der Waals surface area contributed by atoms with Gasteiger partial charge in [-0.05, 0) is 12.1 Å². The van der Waals surface area contributed by atoms with E-state index >= 15 is 0 Å². The van der Waals surface area contributed by atoms with Gasteiger partial charge < -0.3 is 4.89 Å². The zero-order chi connectivity index (χ0) is 11.8. The fourth-order valence-corrected chi connectivity index (χ4v) is 4.47. The molecule has 6 nitrogen and oxygen atoms in total. The van der Waals surface area contributed by atoms with Crippen molar-refractivity contribution in [3.63, 3.8) is 0 Å². The summed E-state index contributed by atoms with van der Waals surface area (Å²) >= 11 is 0. The van der Waals surface area contributed by atoms with Crippen LogP contribution in [-0.2, 0) is 14.6 Å². The van der Waals surface area contributed by atoms with Gasteiger partial charge in [0.2, 0.25) is 10.0 Å². The lowest BCUT2D eigenvalue weighted by atomic mass is 10.4. The fraction of sp³-hybridized carbons (Fsp3) is 0.250. The van der Waals surface area contributed by atoms with Gasteiger partial charge in [-0.15, -0.1) is 4.49 Å². The lowest BCUT2D eigenvalue weighted by Gasteiger charge is -2.13. The second-order valence-electron chi connectivity index (χ2n) is 3.41. The van der Waals surface area contributed by atoms with Crippen molar-refractivity contribution in [1.29, 1.82) is 0 Å². The molecule has 1 saturated heterocycles. The number of nitrogens with zero attached hydrogens (tertiary/aromatic N) is 1. The summed E-state index contributed by atoms with van der Waals surface area (Å²) in [6, 6.07) is 7.50. The van der Waals surface area contributed by atoms with Crippen molar-refractivity contribution in [2.45, 2.75) is 4.90 Å². The SMILES string of the molecule is O=P(O)(NS(=O)(=O)c1ccccc1)N1CC1. The van der Waals surface area contributed by atoms with E-state index in [1.54, 1.807) is 18.2 Å². The van der Waals surface area contributed by atoms with Gasteiger partial charge in [0.05, 0.1) is 4.90 Å². The van der Waals surface area contributed by atoms with E-state index in [9.17, 15) is 17.9 Å². The summed E-state index contributed by atoms with van der Waals surface area (Å²) in [4.78, 5) is 9.42. The molecule has 1 aliphatic rings. The summed E-state index contributed by atoms with van der Waals surface area (Å²) in [5.74, 6) is 0. The first-order chi connectivity index (χ1) is 7.42. The highest BCUT2D eigenvalue weighted by Crippen LogP contribution is 2.46. The molecule has 1 aromatic carbocycles. The van der Waals surface area contributed by atoms with Crippen LogP contribution in [0.1, 0.15) is 0 Å². The molecule has 1 aliphatic heterocycles. The smallest absolute Gasteiger partial charge is 0.321 e. The van der Waals surface area contributed by atoms with Crippen LogP contribution in [0.5, 0.6) is 0 Å². The Hall–Kier alpha value is -0.720. The van der Waals surface area contributed by atoms with Crippen LogP contribution in [0.4, 0.5) is 0 Å². The van der Waals surface area contributed by atoms with Gasteiger partial charge in [0, 0.05) is 13.1 Å². The average Bonchev–Trinajstić information content (AvgIpc) is 3.00. The van der Waals surface area contributed by atoms with Crippen LogP contribution >= 0.6 is 7.67 Å². The first-order valence-electron chi connectivity index (χ1n) is 4.59. The van der Waals surface area contributed by atoms with Crippen molar-refractivity contribution >= 4 is 17.7 Å². The largest absolute Gasteiger partial charge is 0.354 e. The van der Waals surface area contributed by atoms with Crippen LogP contribution in [0, 0.1) is 0 Å². The molecule has 0 saturated carbocycles. The highest BCUT2D eigenvalue weighted by molar-refractivity contribution is 7.95. The molecular weight excluding hydrogens is 251 g/mol. The summed E-state index contributed by atoms with van der Waals surface area (Å²) in [5.41, 5.74) is 0. The van der Waals surface area contributed by atoms with Crippen molar-refractivity contribution in [2.24, 2.45) is 0 Å². The van der Waals surface area contributed by atoms with Crippen molar-refractivity contribution in [1.82, 2.24) is 9.16 Å². The van der Waals surface area contributed by atoms with Crippen molar-refractivity contribution in [3.05, 3.63) is 30.3 Å². The molecule has 0 radical (unpaired) electrons. The normalized spacial score (nSPS) is 20.3. The molecule has 8 heteroatoms. The van der Waals surface area contributed by atoms with Gasteiger partial charge in [-0.2, -0.15) is 0 Å². The number of nitrogens with one attached hydrogen (secondary N) is 1. The van der Waals surface area contributed by atoms with E-state index in [0.29, 0.717) is 13.1 Å². The highest BCUT2D eigenvalue weighted by atomic mass is 32.2. The van der Waals surface area contributed by atoms with Gasteiger partial charge in [-0.1, -0.05) is 18.2 Å². The molecule has 1 unspecified atom stereocenters. The molecule has 0 aliphatic carbocycles.